The molecule has 0 aliphatic rings. The summed E-state index contributed by atoms with van der Waals surface area (Å²) in [6.45, 7) is 2.10. The Morgan fingerprint density at radius 3 is 2.47 bits per heavy atom. The maximum Gasteiger partial charge on any atom is 0.128 e. The molecule has 2 N–H and O–H groups in total. The van der Waals surface area contributed by atoms with Gasteiger partial charge in [0.05, 0.1) is 5.71 Å². The van der Waals surface area contributed by atoms with E-state index in [2.05, 4.69) is 5.16 Å². The number of aromatic hydroxyl groups is 1. The maximum absolute atomic E-state index is 9.21. The molecule has 0 amide bonds. The lowest BCUT2D eigenvalue weighted by Gasteiger charge is -2.10. The van der Waals surface area contributed by atoms with Crippen molar-refractivity contribution in [3.63, 3.8) is 0 Å². The van der Waals surface area contributed by atoms with Gasteiger partial charge in [0.15, 0.2) is 0 Å². The van der Waals surface area contributed by atoms with Crippen molar-refractivity contribution in [2.75, 3.05) is 0 Å². The van der Waals surface area contributed by atoms with Crippen LogP contribution in [0.4, 0.5) is 0 Å². The minimum absolute atomic E-state index is 0.229. The third-order valence-corrected chi connectivity index (χ3v) is 2.76. The van der Waals surface area contributed by atoms with Crippen molar-refractivity contribution in [2.24, 2.45) is 5.16 Å². The lowest BCUT2D eigenvalue weighted by molar-refractivity contribution is 0.303. The van der Waals surface area contributed by atoms with Crippen molar-refractivity contribution in [3.8, 4) is 11.5 Å². The van der Waals surface area contributed by atoms with Gasteiger partial charge in [0, 0.05) is 5.56 Å². The molecule has 0 aromatic heterocycles. The second-order valence-corrected chi connectivity index (χ2v) is 4.14. The van der Waals surface area contributed by atoms with Crippen LogP contribution < -0.4 is 4.74 Å². The average Bonchev–Trinajstić information content (AvgIpc) is 2.46. The minimum atomic E-state index is 0.229. The minimum Gasteiger partial charge on any atom is -0.508 e. The van der Waals surface area contributed by atoms with E-state index in [1.165, 1.54) is 0 Å². The highest BCUT2D eigenvalue weighted by Crippen LogP contribution is 2.20. The molecule has 2 rings (SSSR count). The summed E-state index contributed by atoms with van der Waals surface area (Å²) in [7, 11) is 0. The summed E-state index contributed by atoms with van der Waals surface area (Å²) < 4.78 is 5.71. The van der Waals surface area contributed by atoms with E-state index in [-0.39, 0.29) is 5.75 Å². The van der Waals surface area contributed by atoms with Gasteiger partial charge in [-0.25, -0.2) is 0 Å². The fraction of sp³-hybridized carbons (Fsp3) is 0.133. The summed E-state index contributed by atoms with van der Waals surface area (Å²) in [5.41, 5.74) is 2.20. The van der Waals surface area contributed by atoms with Gasteiger partial charge in [-0.2, -0.15) is 0 Å². The molecular formula is C15H15NO3. The van der Waals surface area contributed by atoms with Gasteiger partial charge in [-0.15, -0.1) is 0 Å². The molecule has 0 fully saturated rings. The zero-order valence-electron chi connectivity index (χ0n) is 10.6. The molecule has 0 unspecified atom stereocenters. The normalized spacial score (nSPS) is 11.3. The Labute approximate surface area is 111 Å². The van der Waals surface area contributed by atoms with Crippen molar-refractivity contribution < 1.29 is 15.1 Å². The first kappa shape index (κ1) is 13.0. The number of phenols is 1. The summed E-state index contributed by atoms with van der Waals surface area (Å²) in [5.74, 6) is 0.887. The van der Waals surface area contributed by atoms with E-state index in [1.807, 2.05) is 24.3 Å². The van der Waals surface area contributed by atoms with E-state index in [4.69, 9.17) is 9.94 Å². The van der Waals surface area contributed by atoms with Crippen molar-refractivity contribution in [2.45, 2.75) is 13.5 Å². The molecule has 0 saturated heterocycles. The number of oxime groups is 1. The molecule has 4 heteroatoms. The highest BCUT2D eigenvalue weighted by Gasteiger charge is 2.06. The van der Waals surface area contributed by atoms with Crippen LogP contribution in [0.15, 0.2) is 53.7 Å². The van der Waals surface area contributed by atoms with E-state index in [1.54, 1.807) is 31.2 Å². The Morgan fingerprint density at radius 2 is 1.79 bits per heavy atom. The summed E-state index contributed by atoms with van der Waals surface area (Å²) >= 11 is 0. The van der Waals surface area contributed by atoms with Crippen LogP contribution in [0.5, 0.6) is 11.5 Å². The molecule has 0 radical (unpaired) electrons. The van der Waals surface area contributed by atoms with Gasteiger partial charge in [-0.05, 0) is 36.8 Å². The number of ether oxygens (including phenoxy) is 1. The number of para-hydroxylation sites is 1. The van der Waals surface area contributed by atoms with Gasteiger partial charge in [0.1, 0.15) is 18.1 Å². The van der Waals surface area contributed by atoms with Crippen LogP contribution in [-0.2, 0) is 6.61 Å². The van der Waals surface area contributed by atoms with E-state index >= 15 is 0 Å². The largest absolute Gasteiger partial charge is 0.508 e. The van der Waals surface area contributed by atoms with Crippen molar-refractivity contribution in [1.82, 2.24) is 0 Å². The van der Waals surface area contributed by atoms with Crippen molar-refractivity contribution >= 4 is 5.71 Å². The van der Waals surface area contributed by atoms with Gasteiger partial charge in [0.2, 0.25) is 0 Å². The summed E-state index contributed by atoms with van der Waals surface area (Å²) in [6.07, 6.45) is 0. The lowest BCUT2D eigenvalue weighted by Crippen LogP contribution is -2.02. The molecule has 0 aliphatic heterocycles. The fourth-order valence-corrected chi connectivity index (χ4v) is 1.70. The number of nitrogens with zero attached hydrogens (tertiary/aromatic N) is 1. The molecule has 0 heterocycles. The van der Waals surface area contributed by atoms with Gasteiger partial charge >= 0.3 is 0 Å². The van der Waals surface area contributed by atoms with Crippen molar-refractivity contribution in [1.29, 1.82) is 0 Å². The topological polar surface area (TPSA) is 62.1 Å². The van der Waals surface area contributed by atoms with Crippen LogP contribution >= 0.6 is 0 Å². The lowest BCUT2D eigenvalue weighted by atomic mass is 10.1. The van der Waals surface area contributed by atoms with Crippen molar-refractivity contribution in [3.05, 3.63) is 59.7 Å². The third-order valence-electron chi connectivity index (χ3n) is 2.76. The monoisotopic (exact) mass is 257 g/mol. The maximum atomic E-state index is 9.21. The van der Waals surface area contributed by atoms with E-state index in [0.29, 0.717) is 18.1 Å². The standard InChI is InChI=1S/C15H15NO3/c1-11(16-18)14-4-2-3-5-15(14)19-10-12-6-8-13(17)9-7-12/h2-9,17-18H,10H2,1H3. The first-order valence-corrected chi connectivity index (χ1v) is 5.89. The van der Waals surface area contributed by atoms with Crippen LogP contribution in [0.1, 0.15) is 18.1 Å². The summed E-state index contributed by atoms with van der Waals surface area (Å²) in [4.78, 5) is 0. The molecule has 0 bridgehead atoms. The predicted octanol–water partition coefficient (Wildman–Crippen LogP) is 3.17. The zero-order valence-corrected chi connectivity index (χ0v) is 10.6. The second kappa shape index (κ2) is 5.91. The molecule has 0 saturated carbocycles. The van der Waals surface area contributed by atoms with Gasteiger partial charge < -0.3 is 15.1 Å². The molecule has 0 atom stereocenters. The molecule has 0 aliphatic carbocycles. The van der Waals surface area contributed by atoms with Crippen LogP contribution in [-0.4, -0.2) is 16.0 Å². The van der Waals surface area contributed by atoms with E-state index < -0.39 is 0 Å². The van der Waals surface area contributed by atoms with Gasteiger partial charge in [-0.3, -0.25) is 0 Å². The third kappa shape index (κ3) is 3.25. The number of hydrogen-bond acceptors (Lipinski definition) is 4. The molecule has 2 aromatic rings. The van der Waals surface area contributed by atoms with Crippen LogP contribution in [0.3, 0.4) is 0 Å². The van der Waals surface area contributed by atoms with E-state index in [0.717, 1.165) is 11.1 Å². The molecule has 2 aromatic carbocycles. The Hall–Kier alpha value is -2.49. The Balaban J connectivity index is 2.13. The first-order chi connectivity index (χ1) is 9.20. The molecule has 98 valence electrons. The van der Waals surface area contributed by atoms with Crippen LogP contribution in [0, 0.1) is 0 Å². The smallest absolute Gasteiger partial charge is 0.128 e. The average molecular weight is 257 g/mol. The van der Waals surface area contributed by atoms with Gasteiger partial charge in [-0.1, -0.05) is 29.4 Å². The van der Waals surface area contributed by atoms with Crippen LogP contribution in [0.2, 0.25) is 0 Å². The quantitative estimate of drug-likeness (QED) is 0.502. The summed E-state index contributed by atoms with van der Waals surface area (Å²) in [5, 5.41) is 21.2. The number of hydrogen-bond donors (Lipinski definition) is 2. The highest BCUT2D eigenvalue weighted by atomic mass is 16.5. The van der Waals surface area contributed by atoms with Crippen LogP contribution in [0.25, 0.3) is 0 Å². The number of benzene rings is 2. The van der Waals surface area contributed by atoms with E-state index in [9.17, 15) is 5.11 Å². The number of phenolic OH excluding ortho intramolecular Hbond substituents is 1. The SMILES string of the molecule is CC(=NO)c1ccccc1OCc1ccc(O)cc1. The summed E-state index contributed by atoms with van der Waals surface area (Å²) in [6, 6.07) is 14.2. The molecule has 19 heavy (non-hydrogen) atoms. The number of rotatable bonds is 4. The predicted molar refractivity (Wildman–Crippen MR) is 72.9 cm³/mol. The Kier molecular flexibility index (Phi) is 4.03. The molecule has 4 nitrogen and oxygen atoms in total. The van der Waals surface area contributed by atoms with Gasteiger partial charge in [0.25, 0.3) is 0 Å². The molecule has 0 spiro atoms. The first-order valence-electron chi connectivity index (χ1n) is 5.89. The zero-order chi connectivity index (χ0) is 13.7. The fourth-order valence-electron chi connectivity index (χ4n) is 1.70. The Bertz CT molecular complexity index is 576. The highest BCUT2D eigenvalue weighted by molar-refractivity contribution is 6.00. The Morgan fingerprint density at radius 1 is 1.11 bits per heavy atom. The molecular weight excluding hydrogens is 242 g/mol. The second-order valence-electron chi connectivity index (χ2n) is 4.14.